The molecular weight excluding hydrogens is 312 g/mol. The Morgan fingerprint density at radius 1 is 1.30 bits per heavy atom. The zero-order valence-corrected chi connectivity index (χ0v) is 14.9. The first kappa shape index (κ1) is 17.9. The van der Waals surface area contributed by atoms with Crippen molar-refractivity contribution in [2.45, 2.75) is 37.6 Å². The highest BCUT2D eigenvalue weighted by Crippen LogP contribution is 2.18. The summed E-state index contributed by atoms with van der Waals surface area (Å²) in [5.74, 6) is 0.331. The molecule has 0 aromatic heterocycles. The third-order valence-corrected chi connectivity index (χ3v) is 5.51. The molecule has 1 aromatic carbocycles. The summed E-state index contributed by atoms with van der Waals surface area (Å²) in [4.78, 5) is 14.9. The van der Waals surface area contributed by atoms with Crippen LogP contribution in [-0.2, 0) is 9.84 Å². The van der Waals surface area contributed by atoms with Gasteiger partial charge in [0.25, 0.3) is 5.91 Å². The molecule has 128 valence electrons. The van der Waals surface area contributed by atoms with E-state index in [4.69, 9.17) is 0 Å². The van der Waals surface area contributed by atoms with Gasteiger partial charge in [0.1, 0.15) is 0 Å². The van der Waals surface area contributed by atoms with E-state index < -0.39 is 9.84 Å². The van der Waals surface area contributed by atoms with Crippen molar-refractivity contribution in [1.82, 2.24) is 10.2 Å². The van der Waals surface area contributed by atoms with Gasteiger partial charge in [-0.05, 0) is 63.4 Å². The molecule has 0 spiro atoms. The molecule has 0 aliphatic carbocycles. The van der Waals surface area contributed by atoms with Crippen LogP contribution in [0.3, 0.4) is 0 Å². The molecule has 1 unspecified atom stereocenters. The summed E-state index contributed by atoms with van der Waals surface area (Å²) in [6, 6.07) is 6.62. The van der Waals surface area contributed by atoms with Crippen LogP contribution in [0.2, 0.25) is 0 Å². The first-order chi connectivity index (χ1) is 10.8. The standard InChI is InChI=1S/C17H26N2O3S/c1-13(2)19-10-4-5-14(12-19)11-18-17(20)15-6-8-16(9-7-15)23(3,21)22/h6-9,13-14H,4-5,10-12H2,1-3H3,(H,18,20). The number of carbonyl (C=O) groups is 1. The Morgan fingerprint density at radius 2 is 1.96 bits per heavy atom. The summed E-state index contributed by atoms with van der Waals surface area (Å²) >= 11 is 0. The lowest BCUT2D eigenvalue weighted by Gasteiger charge is -2.35. The van der Waals surface area contributed by atoms with Crippen LogP contribution in [0, 0.1) is 5.92 Å². The van der Waals surface area contributed by atoms with Gasteiger partial charge in [-0.25, -0.2) is 8.42 Å². The number of amides is 1. The van der Waals surface area contributed by atoms with Crippen LogP contribution in [0.25, 0.3) is 0 Å². The maximum atomic E-state index is 12.2. The van der Waals surface area contributed by atoms with Crippen LogP contribution in [0.1, 0.15) is 37.0 Å². The molecule has 1 aliphatic rings. The highest BCUT2D eigenvalue weighted by molar-refractivity contribution is 7.90. The van der Waals surface area contributed by atoms with Gasteiger partial charge in [0, 0.05) is 31.0 Å². The van der Waals surface area contributed by atoms with Crippen LogP contribution in [0.15, 0.2) is 29.2 Å². The molecule has 1 fully saturated rings. The predicted molar refractivity (Wildman–Crippen MR) is 91.3 cm³/mol. The summed E-state index contributed by atoms with van der Waals surface area (Å²) < 4.78 is 22.9. The number of hydrogen-bond donors (Lipinski definition) is 1. The largest absolute Gasteiger partial charge is 0.352 e. The average molecular weight is 338 g/mol. The summed E-state index contributed by atoms with van der Waals surface area (Å²) in [6.07, 6.45) is 3.46. The van der Waals surface area contributed by atoms with Crippen LogP contribution >= 0.6 is 0 Å². The molecule has 0 bridgehead atoms. The molecule has 0 saturated carbocycles. The lowest BCUT2D eigenvalue weighted by atomic mass is 9.97. The van der Waals surface area contributed by atoms with Crippen molar-refractivity contribution in [3.63, 3.8) is 0 Å². The summed E-state index contributed by atoms with van der Waals surface area (Å²) in [5.41, 5.74) is 0.494. The Bertz CT molecular complexity index is 638. The second-order valence-electron chi connectivity index (χ2n) is 6.60. The maximum Gasteiger partial charge on any atom is 0.251 e. The van der Waals surface area contributed by atoms with Gasteiger partial charge in [-0.15, -0.1) is 0 Å². The molecule has 1 N–H and O–H groups in total. The predicted octanol–water partition coefficient (Wildman–Crippen LogP) is 1.94. The zero-order valence-electron chi connectivity index (χ0n) is 14.1. The molecule has 2 rings (SSSR count). The van der Waals surface area contributed by atoms with Crippen LogP contribution < -0.4 is 5.32 Å². The van der Waals surface area contributed by atoms with Gasteiger partial charge >= 0.3 is 0 Å². The Morgan fingerprint density at radius 3 is 2.52 bits per heavy atom. The Hall–Kier alpha value is -1.40. The molecule has 1 aromatic rings. The second-order valence-corrected chi connectivity index (χ2v) is 8.62. The quantitative estimate of drug-likeness (QED) is 0.891. The number of piperidine rings is 1. The van der Waals surface area contributed by atoms with Crippen LogP contribution in [-0.4, -0.2) is 51.2 Å². The van der Waals surface area contributed by atoms with Crippen molar-refractivity contribution in [2.24, 2.45) is 5.92 Å². The maximum absolute atomic E-state index is 12.2. The fourth-order valence-electron chi connectivity index (χ4n) is 2.93. The normalized spacial score (nSPS) is 19.7. The molecule has 1 heterocycles. The lowest BCUT2D eigenvalue weighted by Crippen LogP contribution is -2.43. The number of nitrogens with one attached hydrogen (secondary N) is 1. The van der Waals surface area contributed by atoms with E-state index >= 15 is 0 Å². The Balaban J connectivity index is 1.89. The molecule has 23 heavy (non-hydrogen) atoms. The fraction of sp³-hybridized carbons (Fsp3) is 0.588. The molecule has 1 saturated heterocycles. The van der Waals surface area contributed by atoms with E-state index in [0.29, 0.717) is 24.1 Å². The minimum absolute atomic E-state index is 0.147. The zero-order chi connectivity index (χ0) is 17.0. The van der Waals surface area contributed by atoms with Gasteiger partial charge in [-0.2, -0.15) is 0 Å². The fourth-order valence-corrected chi connectivity index (χ4v) is 3.56. The van der Waals surface area contributed by atoms with Crippen molar-refractivity contribution >= 4 is 15.7 Å². The van der Waals surface area contributed by atoms with Crippen molar-refractivity contribution in [2.75, 3.05) is 25.9 Å². The van der Waals surface area contributed by atoms with Crippen molar-refractivity contribution in [1.29, 1.82) is 0 Å². The molecule has 6 heteroatoms. The topological polar surface area (TPSA) is 66.5 Å². The Kier molecular flexibility index (Phi) is 5.81. The number of hydrogen-bond acceptors (Lipinski definition) is 4. The SMILES string of the molecule is CC(C)N1CCCC(CNC(=O)c2ccc(S(C)(=O)=O)cc2)C1. The van der Waals surface area contributed by atoms with Crippen LogP contribution in [0.5, 0.6) is 0 Å². The minimum atomic E-state index is -3.23. The van der Waals surface area contributed by atoms with Gasteiger partial charge in [0.05, 0.1) is 4.90 Å². The highest BCUT2D eigenvalue weighted by atomic mass is 32.2. The van der Waals surface area contributed by atoms with E-state index in [0.717, 1.165) is 25.8 Å². The number of carbonyl (C=O) groups excluding carboxylic acids is 1. The molecule has 1 aliphatic heterocycles. The number of sulfone groups is 1. The first-order valence-corrected chi connectivity index (χ1v) is 9.99. The smallest absolute Gasteiger partial charge is 0.251 e. The van der Waals surface area contributed by atoms with E-state index in [-0.39, 0.29) is 10.8 Å². The third-order valence-electron chi connectivity index (χ3n) is 4.38. The number of nitrogens with zero attached hydrogens (tertiary/aromatic N) is 1. The number of benzene rings is 1. The summed E-state index contributed by atoms with van der Waals surface area (Å²) in [6.45, 7) is 7.21. The van der Waals surface area contributed by atoms with Gasteiger partial charge in [-0.3, -0.25) is 4.79 Å². The van der Waals surface area contributed by atoms with Gasteiger partial charge in [0.15, 0.2) is 9.84 Å². The van der Waals surface area contributed by atoms with Gasteiger partial charge in [-0.1, -0.05) is 0 Å². The van der Waals surface area contributed by atoms with Gasteiger partial charge < -0.3 is 10.2 Å². The van der Waals surface area contributed by atoms with Crippen molar-refractivity contribution in [3.8, 4) is 0 Å². The van der Waals surface area contributed by atoms with E-state index in [9.17, 15) is 13.2 Å². The lowest BCUT2D eigenvalue weighted by molar-refractivity contribution is 0.0922. The molecule has 5 nitrogen and oxygen atoms in total. The number of rotatable bonds is 5. The summed E-state index contributed by atoms with van der Waals surface area (Å²) in [5, 5.41) is 2.97. The summed E-state index contributed by atoms with van der Waals surface area (Å²) in [7, 11) is -3.23. The van der Waals surface area contributed by atoms with Crippen LogP contribution in [0.4, 0.5) is 0 Å². The molecule has 1 amide bonds. The van der Waals surface area contributed by atoms with E-state index in [1.807, 2.05) is 0 Å². The molecule has 1 atom stereocenters. The molecular formula is C17H26N2O3S. The van der Waals surface area contributed by atoms with Crippen molar-refractivity contribution < 1.29 is 13.2 Å². The second kappa shape index (κ2) is 7.45. The van der Waals surface area contributed by atoms with Gasteiger partial charge in [0.2, 0.25) is 0 Å². The molecule has 0 radical (unpaired) electrons. The third kappa shape index (κ3) is 5.04. The Labute approximate surface area is 139 Å². The highest BCUT2D eigenvalue weighted by Gasteiger charge is 2.22. The number of likely N-dealkylation sites (tertiary alicyclic amines) is 1. The van der Waals surface area contributed by atoms with E-state index in [1.165, 1.54) is 18.6 Å². The average Bonchev–Trinajstić information content (AvgIpc) is 2.52. The first-order valence-electron chi connectivity index (χ1n) is 8.09. The van der Waals surface area contributed by atoms with E-state index in [2.05, 4.69) is 24.1 Å². The van der Waals surface area contributed by atoms with E-state index in [1.54, 1.807) is 12.1 Å². The minimum Gasteiger partial charge on any atom is -0.352 e. The monoisotopic (exact) mass is 338 g/mol. The van der Waals surface area contributed by atoms with Crippen molar-refractivity contribution in [3.05, 3.63) is 29.8 Å².